The van der Waals surface area contributed by atoms with Gasteiger partial charge in [-0.3, -0.25) is 14.2 Å². The van der Waals surface area contributed by atoms with Crippen LogP contribution in [0.3, 0.4) is 0 Å². The minimum atomic E-state index is -4.54. The number of halogens is 5. The van der Waals surface area contributed by atoms with Crippen LogP contribution in [-0.4, -0.2) is 67.5 Å². The van der Waals surface area contributed by atoms with Crippen LogP contribution in [0.4, 0.5) is 27.6 Å². The number of aryl methyl sites for hydroxylation is 2. The van der Waals surface area contributed by atoms with Crippen molar-refractivity contribution in [1.82, 2.24) is 9.48 Å². The number of rotatable bonds is 13. The first-order valence-electron chi connectivity index (χ1n) is 22.4. The molecule has 0 aromatic heterocycles. The second-order valence-electron chi connectivity index (χ2n) is 17.1. The number of fused-ring (bicyclic) bond motifs is 4. The molecular formula is C48H50F5N3O7P+. The topological polar surface area (TPSA) is 109 Å². The Kier molecular flexibility index (Phi) is 12.2. The van der Waals surface area contributed by atoms with Crippen LogP contribution in [0.1, 0.15) is 109 Å². The van der Waals surface area contributed by atoms with E-state index in [1.807, 2.05) is 13.8 Å². The van der Waals surface area contributed by atoms with Gasteiger partial charge < -0.3 is 28.7 Å². The number of anilines is 1. The molecular weight excluding hydrogens is 857 g/mol. The van der Waals surface area contributed by atoms with Gasteiger partial charge in [-0.25, -0.2) is 17.7 Å². The molecule has 5 aliphatic heterocycles. The van der Waals surface area contributed by atoms with E-state index < -0.39 is 54.8 Å². The SMILES string of the molecule is CCN(CC)C(=O)c1ccc(P(=O)(O)OCCCCCC(=O)Oc2c(F)c(F)c(F)c(F)c2F)cc1C1=c2cc3c4c(c2Oc2c1cc1c5c2CCCN5CCC1)CCC[N+]=4CCC3. The number of amides is 1. The minimum absolute atomic E-state index is 0.0111. The van der Waals surface area contributed by atoms with Gasteiger partial charge in [-0.15, -0.1) is 0 Å². The number of unbranched alkanes of at least 4 members (excludes halogenated alkanes) is 2. The molecule has 0 fully saturated rings. The highest BCUT2D eigenvalue weighted by atomic mass is 31.2. The van der Waals surface area contributed by atoms with Crippen molar-refractivity contribution in [2.24, 2.45) is 0 Å². The van der Waals surface area contributed by atoms with Gasteiger partial charge in [0.2, 0.25) is 40.2 Å². The van der Waals surface area contributed by atoms with Crippen LogP contribution in [0.2, 0.25) is 0 Å². The fraction of sp³-hybridized carbons (Fsp3) is 0.438. The van der Waals surface area contributed by atoms with Crippen molar-refractivity contribution >= 4 is 36.0 Å². The zero-order valence-electron chi connectivity index (χ0n) is 35.9. The minimum Gasteiger partial charge on any atom is -0.455 e. The number of hydrogen-bond donors (Lipinski definition) is 1. The molecule has 5 heterocycles. The standard InChI is InChI=1S/C48H49F5N3O7P/c1-3-54(4-2)48(58)30-18-17-29(64(59,60)61-23-7-5-6-16-36(57)62-47-41(52)39(50)38(49)40(51)42(47)53)26-33(30)37-34-24-27-12-8-19-55-21-10-14-31(43(27)55)45(34)63-46-32-15-11-22-56-20-9-13-28(44(32)56)25-35(37)46/h17-18,24-26H,3-16,19-23H2,1-2H3/p+1. The third kappa shape index (κ3) is 7.70. The van der Waals surface area contributed by atoms with Gasteiger partial charge in [0.1, 0.15) is 24.6 Å². The summed E-state index contributed by atoms with van der Waals surface area (Å²) in [4.78, 5) is 42.6. The van der Waals surface area contributed by atoms with Gasteiger partial charge in [-0.2, -0.15) is 8.78 Å². The zero-order valence-corrected chi connectivity index (χ0v) is 36.8. The first kappa shape index (κ1) is 44.1. The summed E-state index contributed by atoms with van der Waals surface area (Å²) in [5.74, 6) is -12.9. The van der Waals surface area contributed by atoms with E-state index in [4.69, 9.17) is 9.26 Å². The second-order valence-corrected chi connectivity index (χ2v) is 18.9. The average molecular weight is 907 g/mol. The lowest BCUT2D eigenvalue weighted by Crippen LogP contribution is -2.45. The van der Waals surface area contributed by atoms with Crippen molar-refractivity contribution in [1.29, 1.82) is 0 Å². The number of carbonyl (C=O) groups is 2. The molecule has 64 heavy (non-hydrogen) atoms. The van der Waals surface area contributed by atoms with Gasteiger partial charge in [-0.1, -0.05) is 6.42 Å². The third-order valence-electron chi connectivity index (χ3n) is 13.2. The number of ether oxygens (including phenoxy) is 2. The number of nitrogens with zero attached hydrogens (tertiary/aromatic N) is 3. The van der Waals surface area contributed by atoms with Crippen molar-refractivity contribution in [3.8, 4) is 17.2 Å². The molecule has 0 spiro atoms. The maximum atomic E-state index is 14.6. The molecule has 0 saturated carbocycles. The summed E-state index contributed by atoms with van der Waals surface area (Å²) < 4.78 is 103. The van der Waals surface area contributed by atoms with Gasteiger partial charge in [0.15, 0.2) is 0 Å². The summed E-state index contributed by atoms with van der Waals surface area (Å²) in [5, 5.41) is 2.09. The zero-order chi connectivity index (χ0) is 45.0. The number of carbonyl (C=O) groups excluding carboxylic acids is 2. The Balaban J connectivity index is 1.07. The van der Waals surface area contributed by atoms with E-state index in [0.29, 0.717) is 24.2 Å². The van der Waals surface area contributed by atoms with E-state index in [2.05, 4.69) is 26.3 Å². The van der Waals surface area contributed by atoms with Gasteiger partial charge in [-0.05, 0) is 107 Å². The first-order valence-corrected chi connectivity index (χ1v) is 24.0. The maximum Gasteiger partial charge on any atom is 0.358 e. The fourth-order valence-corrected chi connectivity index (χ4v) is 11.3. The molecule has 16 heteroatoms. The summed E-state index contributed by atoms with van der Waals surface area (Å²) in [6, 6.07) is 9.13. The molecule has 9 rings (SSSR count). The molecule has 1 amide bonds. The summed E-state index contributed by atoms with van der Waals surface area (Å²) in [7, 11) is -4.54. The largest absolute Gasteiger partial charge is 0.455 e. The predicted octanol–water partition coefficient (Wildman–Crippen LogP) is 7.29. The van der Waals surface area contributed by atoms with Crippen molar-refractivity contribution < 1.29 is 55.0 Å². The summed E-state index contributed by atoms with van der Waals surface area (Å²) >= 11 is 0. The highest BCUT2D eigenvalue weighted by molar-refractivity contribution is 7.61. The first-order chi connectivity index (χ1) is 30.8. The highest BCUT2D eigenvalue weighted by Crippen LogP contribution is 2.50. The van der Waals surface area contributed by atoms with E-state index in [1.54, 1.807) is 17.0 Å². The maximum absolute atomic E-state index is 14.6. The fourth-order valence-electron chi connectivity index (χ4n) is 10.2. The third-order valence-corrected chi connectivity index (χ3v) is 14.7. The monoisotopic (exact) mass is 906 g/mol. The molecule has 338 valence electrons. The van der Waals surface area contributed by atoms with Crippen LogP contribution in [-0.2, 0) is 39.6 Å². The van der Waals surface area contributed by atoms with Gasteiger partial charge in [0.25, 0.3) is 5.91 Å². The lowest BCUT2D eigenvalue weighted by molar-refractivity contribution is -0.135. The van der Waals surface area contributed by atoms with Crippen molar-refractivity contribution in [3.63, 3.8) is 0 Å². The summed E-state index contributed by atoms with van der Waals surface area (Å²) in [5.41, 5.74) is 8.56. The summed E-state index contributed by atoms with van der Waals surface area (Å²) in [6.45, 7) is 8.45. The van der Waals surface area contributed by atoms with Crippen LogP contribution in [0.25, 0.3) is 5.57 Å². The molecule has 0 aliphatic carbocycles. The molecule has 1 N–H and O–H groups in total. The van der Waals surface area contributed by atoms with E-state index in [-0.39, 0.29) is 37.1 Å². The lowest BCUT2D eigenvalue weighted by atomic mass is 9.81. The highest BCUT2D eigenvalue weighted by Gasteiger charge is 2.38. The Morgan fingerprint density at radius 1 is 0.797 bits per heavy atom. The van der Waals surface area contributed by atoms with Crippen LogP contribution in [0, 0.1) is 29.1 Å². The van der Waals surface area contributed by atoms with Gasteiger partial charge in [0, 0.05) is 84.2 Å². The molecule has 4 aromatic carbocycles. The van der Waals surface area contributed by atoms with E-state index in [9.17, 15) is 41.0 Å². The van der Waals surface area contributed by atoms with Crippen LogP contribution in [0.15, 0.2) is 30.3 Å². The molecule has 0 bridgehead atoms. The molecule has 5 aliphatic rings. The van der Waals surface area contributed by atoms with Crippen molar-refractivity contribution in [2.75, 3.05) is 50.8 Å². The quantitative estimate of drug-likeness (QED) is 0.0192. The van der Waals surface area contributed by atoms with E-state index in [1.165, 1.54) is 28.2 Å². The Morgan fingerprint density at radius 3 is 2.20 bits per heavy atom. The van der Waals surface area contributed by atoms with Crippen molar-refractivity contribution in [2.45, 2.75) is 90.9 Å². The molecule has 0 saturated heterocycles. The van der Waals surface area contributed by atoms with Gasteiger partial charge in [0.05, 0.1) is 17.5 Å². The van der Waals surface area contributed by atoms with Crippen LogP contribution < -0.4 is 34.8 Å². The Morgan fingerprint density at radius 2 is 1.47 bits per heavy atom. The van der Waals surface area contributed by atoms with Crippen molar-refractivity contribution in [3.05, 3.63) is 109 Å². The number of benzene rings is 4. The van der Waals surface area contributed by atoms with E-state index in [0.717, 1.165) is 117 Å². The number of hydrogen-bond acceptors (Lipinski definition) is 7. The van der Waals surface area contributed by atoms with E-state index >= 15 is 0 Å². The summed E-state index contributed by atoms with van der Waals surface area (Å²) in [6.07, 6.45) is 7.50. The molecule has 10 nitrogen and oxygen atoms in total. The smallest absolute Gasteiger partial charge is 0.358 e. The molecule has 1 unspecified atom stereocenters. The Bertz CT molecular complexity index is 2760. The molecule has 0 radical (unpaired) electrons. The van der Waals surface area contributed by atoms with Crippen LogP contribution in [0.5, 0.6) is 17.2 Å². The lowest BCUT2D eigenvalue weighted by Gasteiger charge is -2.39. The Hall–Kier alpha value is -5.11. The average Bonchev–Trinajstić information content (AvgIpc) is 3.30. The Labute approximate surface area is 367 Å². The normalized spacial score (nSPS) is 16.8. The second kappa shape index (κ2) is 17.7. The predicted molar refractivity (Wildman–Crippen MR) is 230 cm³/mol. The molecule has 4 aromatic rings. The van der Waals surface area contributed by atoms with Crippen LogP contribution >= 0.6 is 7.60 Å². The van der Waals surface area contributed by atoms with Gasteiger partial charge >= 0.3 is 13.6 Å². The molecule has 1 atom stereocenters. The number of esters is 1.